The summed E-state index contributed by atoms with van der Waals surface area (Å²) in [7, 11) is 0. The lowest BCUT2D eigenvalue weighted by molar-refractivity contribution is 0.370. The van der Waals surface area contributed by atoms with Gasteiger partial charge < -0.3 is 0 Å². The maximum absolute atomic E-state index is 2.34. The summed E-state index contributed by atoms with van der Waals surface area (Å²) in [4.78, 5) is 0. The summed E-state index contributed by atoms with van der Waals surface area (Å²) in [5, 5.41) is 0. The lowest BCUT2D eigenvalue weighted by Gasteiger charge is -2.16. The van der Waals surface area contributed by atoms with Gasteiger partial charge in [0, 0.05) is 0 Å². The summed E-state index contributed by atoms with van der Waals surface area (Å²) >= 11 is 0. The molecule has 0 fully saturated rings. The highest BCUT2D eigenvalue weighted by molar-refractivity contribution is 4.61. The second kappa shape index (κ2) is 26.0. The highest BCUT2D eigenvalue weighted by atomic mass is 14.1. The second-order valence-corrected chi connectivity index (χ2v) is 9.95. The van der Waals surface area contributed by atoms with Crippen LogP contribution < -0.4 is 0 Å². The molecular weight excluding hydrogens is 348 g/mol. The molecule has 0 heterocycles. The maximum atomic E-state index is 2.34. The first-order valence-corrected chi connectivity index (χ1v) is 14.3. The fourth-order valence-corrected chi connectivity index (χ4v) is 4.78. The van der Waals surface area contributed by atoms with Crippen molar-refractivity contribution in [3.8, 4) is 0 Å². The Kier molecular flexibility index (Phi) is 26.0. The summed E-state index contributed by atoms with van der Waals surface area (Å²) in [5.74, 6) is 1.04. The molecule has 0 rings (SSSR count). The Morgan fingerprint density at radius 2 is 0.483 bits per heavy atom. The minimum atomic E-state index is 1.04. The molecule has 0 amide bonds. The van der Waals surface area contributed by atoms with Crippen molar-refractivity contribution in [3.63, 3.8) is 0 Å². The largest absolute Gasteiger partial charge is 0.0654 e. The van der Waals surface area contributed by atoms with Crippen LogP contribution in [0.5, 0.6) is 0 Å². The number of unbranched alkanes of at least 4 members (excludes halogenated alkanes) is 19. The van der Waals surface area contributed by atoms with Gasteiger partial charge in [0.15, 0.2) is 0 Å². The van der Waals surface area contributed by atoms with E-state index in [4.69, 9.17) is 0 Å². The molecule has 0 bridgehead atoms. The zero-order chi connectivity index (χ0) is 21.3. The molecule has 0 N–H and O–H groups in total. The van der Waals surface area contributed by atoms with Crippen molar-refractivity contribution in [2.24, 2.45) is 5.92 Å². The molecule has 0 atom stereocenters. The van der Waals surface area contributed by atoms with E-state index in [1.807, 2.05) is 0 Å². The summed E-state index contributed by atoms with van der Waals surface area (Å²) in [6.07, 6.45) is 36.8. The van der Waals surface area contributed by atoms with Gasteiger partial charge in [0.05, 0.1) is 0 Å². The molecule has 0 aromatic carbocycles. The minimum absolute atomic E-state index is 1.04. The first-order chi connectivity index (χ1) is 14.3. The van der Waals surface area contributed by atoms with Crippen molar-refractivity contribution >= 4 is 0 Å². The molecule has 0 nitrogen and oxygen atoms in total. The van der Waals surface area contributed by atoms with E-state index in [1.54, 1.807) is 0 Å². The normalized spacial score (nSPS) is 11.6. The van der Waals surface area contributed by atoms with Gasteiger partial charge >= 0.3 is 0 Å². The Balaban J connectivity index is 3.35. The third-order valence-electron chi connectivity index (χ3n) is 6.90. The first-order valence-electron chi connectivity index (χ1n) is 14.3. The molecule has 0 radical (unpaired) electrons. The van der Waals surface area contributed by atoms with Gasteiger partial charge in [-0.15, -0.1) is 0 Å². The average molecular weight is 409 g/mol. The standard InChI is InChI=1S/C29H60/c1-4-7-10-11-12-13-14-15-16-17-18-19-20-21-22-25-28-29(26-23-8-5-2)27-24-9-6-3/h29H,4-28H2,1-3H3. The van der Waals surface area contributed by atoms with Gasteiger partial charge in [-0.2, -0.15) is 0 Å². The van der Waals surface area contributed by atoms with E-state index in [0.717, 1.165) is 5.92 Å². The lowest BCUT2D eigenvalue weighted by atomic mass is 9.90. The van der Waals surface area contributed by atoms with E-state index in [-0.39, 0.29) is 0 Å². The van der Waals surface area contributed by atoms with E-state index < -0.39 is 0 Å². The van der Waals surface area contributed by atoms with E-state index in [0.29, 0.717) is 0 Å². The van der Waals surface area contributed by atoms with Gasteiger partial charge in [-0.1, -0.05) is 181 Å². The van der Waals surface area contributed by atoms with Crippen molar-refractivity contribution in [2.75, 3.05) is 0 Å². The van der Waals surface area contributed by atoms with Crippen LogP contribution in [0.4, 0.5) is 0 Å². The SMILES string of the molecule is CCCCCCCCCCCCCCCCCCC(CCCCC)CCCCC. The molecule has 0 spiro atoms. The van der Waals surface area contributed by atoms with Crippen molar-refractivity contribution in [2.45, 2.75) is 181 Å². The van der Waals surface area contributed by atoms with E-state index >= 15 is 0 Å². The molecule has 29 heavy (non-hydrogen) atoms. The lowest BCUT2D eigenvalue weighted by Crippen LogP contribution is -2.01. The van der Waals surface area contributed by atoms with E-state index in [9.17, 15) is 0 Å². The quantitative estimate of drug-likeness (QED) is 0.132. The highest BCUT2D eigenvalue weighted by Crippen LogP contribution is 2.24. The van der Waals surface area contributed by atoms with E-state index in [2.05, 4.69) is 20.8 Å². The molecule has 0 aliphatic rings. The maximum Gasteiger partial charge on any atom is -0.0414 e. The molecule has 0 aromatic heterocycles. The average Bonchev–Trinajstić information content (AvgIpc) is 2.73. The molecule has 0 aliphatic heterocycles. The summed E-state index contributed by atoms with van der Waals surface area (Å²) in [6, 6.07) is 0. The van der Waals surface area contributed by atoms with Crippen LogP contribution in [0.15, 0.2) is 0 Å². The number of hydrogen-bond acceptors (Lipinski definition) is 0. The molecular formula is C29H60. The monoisotopic (exact) mass is 408 g/mol. The first kappa shape index (κ1) is 29.0. The topological polar surface area (TPSA) is 0 Å². The van der Waals surface area contributed by atoms with Crippen molar-refractivity contribution in [1.82, 2.24) is 0 Å². The smallest absolute Gasteiger partial charge is 0.0414 e. The molecule has 0 heteroatoms. The fraction of sp³-hybridized carbons (Fsp3) is 1.00. The summed E-state index contributed by atoms with van der Waals surface area (Å²) in [6.45, 7) is 6.98. The van der Waals surface area contributed by atoms with Gasteiger partial charge in [-0.25, -0.2) is 0 Å². The number of rotatable bonds is 25. The third kappa shape index (κ3) is 24.1. The van der Waals surface area contributed by atoms with Crippen LogP contribution in [0.25, 0.3) is 0 Å². The summed E-state index contributed by atoms with van der Waals surface area (Å²) < 4.78 is 0. The van der Waals surface area contributed by atoms with Gasteiger partial charge in [-0.05, 0) is 5.92 Å². The van der Waals surface area contributed by atoms with Gasteiger partial charge in [0.25, 0.3) is 0 Å². The van der Waals surface area contributed by atoms with Crippen molar-refractivity contribution < 1.29 is 0 Å². The van der Waals surface area contributed by atoms with Crippen LogP contribution in [-0.2, 0) is 0 Å². The van der Waals surface area contributed by atoms with Crippen LogP contribution in [0.2, 0.25) is 0 Å². The van der Waals surface area contributed by atoms with Gasteiger partial charge in [0.2, 0.25) is 0 Å². The Hall–Kier alpha value is 0. The molecule has 0 aromatic rings. The van der Waals surface area contributed by atoms with Crippen LogP contribution in [0, 0.1) is 5.92 Å². The minimum Gasteiger partial charge on any atom is -0.0654 e. The molecule has 176 valence electrons. The van der Waals surface area contributed by atoms with Crippen LogP contribution in [0.3, 0.4) is 0 Å². The van der Waals surface area contributed by atoms with E-state index in [1.165, 1.54) is 161 Å². The van der Waals surface area contributed by atoms with Crippen LogP contribution in [0.1, 0.15) is 181 Å². The Bertz CT molecular complexity index is 259. The molecule has 0 unspecified atom stereocenters. The van der Waals surface area contributed by atoms with Crippen LogP contribution >= 0.6 is 0 Å². The van der Waals surface area contributed by atoms with Gasteiger partial charge in [0.1, 0.15) is 0 Å². The Labute approximate surface area is 187 Å². The highest BCUT2D eigenvalue weighted by Gasteiger charge is 2.08. The Morgan fingerprint density at radius 3 is 0.793 bits per heavy atom. The summed E-state index contributed by atoms with van der Waals surface area (Å²) in [5.41, 5.74) is 0. The molecule has 0 saturated heterocycles. The fourth-order valence-electron chi connectivity index (χ4n) is 4.78. The van der Waals surface area contributed by atoms with Gasteiger partial charge in [-0.3, -0.25) is 0 Å². The molecule has 0 aliphatic carbocycles. The molecule has 0 saturated carbocycles. The van der Waals surface area contributed by atoms with Crippen molar-refractivity contribution in [3.05, 3.63) is 0 Å². The third-order valence-corrected chi connectivity index (χ3v) is 6.90. The Morgan fingerprint density at radius 1 is 0.276 bits per heavy atom. The zero-order valence-electron chi connectivity index (χ0n) is 21.3. The predicted octanol–water partition coefficient (Wildman–Crippen LogP) is 11.4. The van der Waals surface area contributed by atoms with Crippen molar-refractivity contribution in [1.29, 1.82) is 0 Å². The zero-order valence-corrected chi connectivity index (χ0v) is 21.3. The second-order valence-electron chi connectivity index (χ2n) is 9.95. The predicted molar refractivity (Wildman–Crippen MR) is 136 cm³/mol. The number of hydrogen-bond donors (Lipinski definition) is 0. The van der Waals surface area contributed by atoms with Crippen LogP contribution in [-0.4, -0.2) is 0 Å².